The molecule has 0 fully saturated rings. The number of hydrogen-bond donors (Lipinski definition) is 2. The molecule has 2 unspecified atom stereocenters. The Kier molecular flexibility index (Phi) is 3.96. The van der Waals surface area contributed by atoms with E-state index in [9.17, 15) is 15.0 Å². The monoisotopic (exact) mass is 314 g/mol. The molecule has 1 aliphatic rings. The number of carbonyl (C=O) groups excluding carboxylic acids is 1. The van der Waals surface area contributed by atoms with E-state index in [1.54, 1.807) is 6.92 Å². The van der Waals surface area contributed by atoms with Gasteiger partial charge < -0.3 is 19.7 Å². The van der Waals surface area contributed by atoms with Gasteiger partial charge in [-0.05, 0) is 12.5 Å². The fourth-order valence-electron chi connectivity index (χ4n) is 3.05. The predicted molar refractivity (Wildman–Crippen MR) is 84.2 cm³/mol. The number of hydrogen-bond acceptors (Lipinski definition) is 5. The Morgan fingerprint density at radius 1 is 1.30 bits per heavy atom. The van der Waals surface area contributed by atoms with Gasteiger partial charge >= 0.3 is 0 Å². The van der Waals surface area contributed by atoms with Gasteiger partial charge in [0.2, 0.25) is 0 Å². The van der Waals surface area contributed by atoms with Crippen LogP contribution in [0.4, 0.5) is 0 Å². The third-order valence-electron chi connectivity index (χ3n) is 4.21. The second-order valence-electron chi connectivity index (χ2n) is 5.55. The second kappa shape index (κ2) is 5.93. The van der Waals surface area contributed by atoms with Gasteiger partial charge in [0.25, 0.3) is 0 Å². The summed E-state index contributed by atoms with van der Waals surface area (Å²) in [6.07, 6.45) is -0.363. The van der Waals surface area contributed by atoms with Crippen molar-refractivity contribution in [2.45, 2.75) is 25.6 Å². The first kappa shape index (κ1) is 15.4. The van der Waals surface area contributed by atoms with E-state index in [0.717, 1.165) is 5.56 Å². The van der Waals surface area contributed by atoms with Crippen LogP contribution in [0.3, 0.4) is 0 Å². The van der Waals surface area contributed by atoms with Crippen LogP contribution < -0.4 is 9.47 Å². The maximum atomic E-state index is 11.4. The number of carbonyl (C=O) groups is 1. The highest BCUT2D eigenvalue weighted by Gasteiger charge is 2.35. The zero-order valence-electron chi connectivity index (χ0n) is 12.9. The van der Waals surface area contributed by atoms with Gasteiger partial charge in [-0.1, -0.05) is 30.3 Å². The Hall–Kier alpha value is -2.53. The number of methoxy groups -OCH3 is 1. The molecule has 1 aliphatic heterocycles. The Morgan fingerprint density at radius 2 is 2.00 bits per heavy atom. The average molecular weight is 314 g/mol. The molecular formula is C18H18O5. The predicted octanol–water partition coefficient (Wildman–Crippen LogP) is 3.08. The standard InChI is InChI=1S/C18H18O5/c1-10-16(21)12(9-19)18-15(17(10)22-2)13(20)8-14(23-18)11-6-4-3-5-7-11/h3-7,9,13-14,20-21H,8H2,1-2H3. The van der Waals surface area contributed by atoms with Crippen LogP contribution in [0.15, 0.2) is 30.3 Å². The minimum Gasteiger partial charge on any atom is -0.507 e. The lowest BCUT2D eigenvalue weighted by Crippen LogP contribution is -2.21. The van der Waals surface area contributed by atoms with Gasteiger partial charge in [-0.3, -0.25) is 4.79 Å². The largest absolute Gasteiger partial charge is 0.507 e. The summed E-state index contributed by atoms with van der Waals surface area (Å²) in [5.74, 6) is 0.353. The number of aliphatic hydroxyl groups is 1. The van der Waals surface area contributed by atoms with Crippen molar-refractivity contribution < 1.29 is 24.5 Å². The van der Waals surface area contributed by atoms with Crippen LogP contribution in [0.1, 0.15) is 45.7 Å². The van der Waals surface area contributed by atoms with Gasteiger partial charge in [0.15, 0.2) is 6.29 Å². The summed E-state index contributed by atoms with van der Waals surface area (Å²) in [6.45, 7) is 1.64. The summed E-state index contributed by atoms with van der Waals surface area (Å²) in [7, 11) is 1.46. The number of benzene rings is 2. The number of rotatable bonds is 3. The first-order chi connectivity index (χ1) is 11.1. The van der Waals surface area contributed by atoms with Crippen LogP contribution >= 0.6 is 0 Å². The van der Waals surface area contributed by atoms with Gasteiger partial charge in [0.05, 0.1) is 24.3 Å². The second-order valence-corrected chi connectivity index (χ2v) is 5.55. The smallest absolute Gasteiger partial charge is 0.157 e. The summed E-state index contributed by atoms with van der Waals surface area (Å²) in [5, 5.41) is 20.8. The van der Waals surface area contributed by atoms with Crippen molar-refractivity contribution in [2.75, 3.05) is 7.11 Å². The van der Waals surface area contributed by atoms with Gasteiger partial charge in [-0.15, -0.1) is 0 Å². The van der Waals surface area contributed by atoms with E-state index in [2.05, 4.69) is 0 Å². The molecule has 0 aromatic heterocycles. The topological polar surface area (TPSA) is 76.0 Å². The highest BCUT2D eigenvalue weighted by Crippen LogP contribution is 2.51. The Labute approximate surface area is 134 Å². The van der Waals surface area contributed by atoms with Crippen molar-refractivity contribution in [1.82, 2.24) is 0 Å². The van der Waals surface area contributed by atoms with Crippen molar-refractivity contribution >= 4 is 6.29 Å². The summed E-state index contributed by atoms with van der Waals surface area (Å²) >= 11 is 0. The summed E-state index contributed by atoms with van der Waals surface area (Å²) in [6, 6.07) is 9.46. The molecule has 0 bridgehead atoms. The van der Waals surface area contributed by atoms with Crippen LogP contribution in [0.25, 0.3) is 0 Å². The molecule has 5 nitrogen and oxygen atoms in total. The molecule has 0 amide bonds. The van der Waals surface area contributed by atoms with Crippen molar-refractivity contribution in [3.63, 3.8) is 0 Å². The minimum atomic E-state index is -0.850. The first-order valence-electron chi connectivity index (χ1n) is 7.36. The first-order valence-corrected chi connectivity index (χ1v) is 7.36. The molecule has 3 rings (SSSR count). The minimum absolute atomic E-state index is 0.0398. The number of fused-ring (bicyclic) bond motifs is 1. The van der Waals surface area contributed by atoms with E-state index in [1.165, 1.54) is 7.11 Å². The van der Waals surface area contributed by atoms with Gasteiger partial charge in [0, 0.05) is 12.0 Å². The van der Waals surface area contributed by atoms with Gasteiger partial charge in [-0.25, -0.2) is 0 Å². The molecule has 0 aliphatic carbocycles. The molecule has 23 heavy (non-hydrogen) atoms. The zero-order chi connectivity index (χ0) is 16.6. The summed E-state index contributed by atoms with van der Waals surface area (Å²) in [4.78, 5) is 11.4. The lowest BCUT2D eigenvalue weighted by atomic mass is 9.90. The average Bonchev–Trinajstić information content (AvgIpc) is 2.57. The molecule has 2 aromatic rings. The molecular weight excluding hydrogens is 296 g/mol. The van der Waals surface area contributed by atoms with E-state index < -0.39 is 12.2 Å². The van der Waals surface area contributed by atoms with Gasteiger partial charge in [0.1, 0.15) is 23.4 Å². The normalized spacial score (nSPS) is 19.6. The fraction of sp³-hybridized carbons (Fsp3) is 0.278. The highest BCUT2D eigenvalue weighted by atomic mass is 16.5. The summed E-state index contributed by atoms with van der Waals surface area (Å²) in [5.41, 5.74) is 1.76. The van der Waals surface area contributed by atoms with Crippen molar-refractivity contribution in [1.29, 1.82) is 0 Å². The molecule has 2 N–H and O–H groups in total. The lowest BCUT2D eigenvalue weighted by molar-refractivity contribution is 0.0619. The molecule has 0 radical (unpaired) electrons. The van der Waals surface area contributed by atoms with E-state index in [1.807, 2.05) is 30.3 Å². The molecule has 0 saturated heterocycles. The van der Waals surface area contributed by atoms with Crippen molar-refractivity contribution in [3.8, 4) is 17.2 Å². The molecule has 0 spiro atoms. The molecule has 5 heteroatoms. The van der Waals surface area contributed by atoms with Crippen LogP contribution in [-0.4, -0.2) is 23.6 Å². The molecule has 2 atom stereocenters. The third-order valence-corrected chi connectivity index (χ3v) is 4.21. The Morgan fingerprint density at radius 3 is 2.61 bits per heavy atom. The number of aliphatic hydroxyl groups excluding tert-OH is 1. The van der Waals surface area contributed by atoms with Crippen LogP contribution in [0.2, 0.25) is 0 Å². The number of aromatic hydroxyl groups is 1. The number of phenolic OH excluding ortho intramolecular Hbond substituents is 1. The van der Waals surface area contributed by atoms with Crippen LogP contribution in [-0.2, 0) is 0 Å². The highest BCUT2D eigenvalue weighted by molar-refractivity contribution is 5.87. The number of ether oxygens (including phenoxy) is 2. The maximum absolute atomic E-state index is 11.4. The lowest BCUT2D eigenvalue weighted by Gasteiger charge is -2.32. The zero-order valence-corrected chi connectivity index (χ0v) is 12.9. The number of phenols is 1. The third kappa shape index (κ3) is 2.43. The quantitative estimate of drug-likeness (QED) is 0.852. The van der Waals surface area contributed by atoms with Crippen molar-refractivity contribution in [3.05, 3.63) is 52.6 Å². The number of aldehydes is 1. The maximum Gasteiger partial charge on any atom is 0.157 e. The van der Waals surface area contributed by atoms with E-state index >= 15 is 0 Å². The summed E-state index contributed by atoms with van der Waals surface area (Å²) < 4.78 is 11.3. The Bertz CT molecular complexity index is 739. The molecule has 0 saturated carbocycles. The SMILES string of the molecule is COc1c(C)c(O)c(C=O)c2c1C(O)CC(c1ccccc1)O2. The molecule has 2 aromatic carbocycles. The Balaban J connectivity index is 2.17. The van der Waals surface area contributed by atoms with Crippen LogP contribution in [0, 0.1) is 6.92 Å². The van der Waals surface area contributed by atoms with Gasteiger partial charge in [-0.2, -0.15) is 0 Å². The van der Waals surface area contributed by atoms with E-state index in [0.29, 0.717) is 29.6 Å². The van der Waals surface area contributed by atoms with Crippen molar-refractivity contribution in [2.24, 2.45) is 0 Å². The van der Waals surface area contributed by atoms with E-state index in [4.69, 9.17) is 9.47 Å². The van der Waals surface area contributed by atoms with Crippen LogP contribution in [0.5, 0.6) is 17.2 Å². The molecule has 120 valence electrons. The van der Waals surface area contributed by atoms with E-state index in [-0.39, 0.29) is 17.1 Å². The fourth-order valence-corrected chi connectivity index (χ4v) is 3.05. The molecule has 1 heterocycles.